The van der Waals surface area contributed by atoms with Crippen LogP contribution < -0.4 is 4.57 Å². The zero-order valence-electron chi connectivity index (χ0n) is 14.4. The van der Waals surface area contributed by atoms with Crippen LogP contribution in [0.2, 0.25) is 0 Å². The van der Waals surface area contributed by atoms with Gasteiger partial charge in [-0.2, -0.15) is 4.57 Å². The molecule has 1 heterocycles. The summed E-state index contributed by atoms with van der Waals surface area (Å²) in [6.07, 6.45) is 0. The van der Waals surface area contributed by atoms with Gasteiger partial charge in [-0.15, -0.1) is 0 Å². The standard InChI is InChI=1S/C20H22N/c1-13-7-9-18-17(10-13)12-16(4)21(5)20(18)19-11-14(2)6-8-15(19)3/h6-12H,1-5H3/q+1/i12D. The van der Waals surface area contributed by atoms with Crippen molar-refractivity contribution in [1.82, 2.24) is 0 Å². The predicted molar refractivity (Wildman–Crippen MR) is 89.5 cm³/mol. The van der Waals surface area contributed by atoms with Crippen molar-refractivity contribution in [3.63, 3.8) is 0 Å². The van der Waals surface area contributed by atoms with Crippen LogP contribution in [0.3, 0.4) is 0 Å². The van der Waals surface area contributed by atoms with Gasteiger partial charge in [0.05, 0.1) is 6.76 Å². The van der Waals surface area contributed by atoms with E-state index in [-0.39, 0.29) is 0 Å². The summed E-state index contributed by atoms with van der Waals surface area (Å²) in [6.45, 7) is 8.39. The Hall–Kier alpha value is -2.15. The lowest BCUT2D eigenvalue weighted by Gasteiger charge is -2.11. The third kappa shape index (κ3) is 2.33. The summed E-state index contributed by atoms with van der Waals surface area (Å²) in [4.78, 5) is 0. The molecule has 0 fully saturated rings. The quantitative estimate of drug-likeness (QED) is 0.574. The number of aryl methyl sites for hydroxylation is 3. The highest BCUT2D eigenvalue weighted by molar-refractivity contribution is 5.94. The monoisotopic (exact) mass is 277 g/mol. The van der Waals surface area contributed by atoms with Gasteiger partial charge in [-0.3, -0.25) is 0 Å². The summed E-state index contributed by atoms with van der Waals surface area (Å²) in [5, 5.41) is 2.18. The van der Waals surface area contributed by atoms with Gasteiger partial charge in [-0.25, -0.2) is 0 Å². The van der Waals surface area contributed by atoms with Crippen LogP contribution in [-0.4, -0.2) is 0 Å². The zero-order chi connectivity index (χ0) is 16.0. The van der Waals surface area contributed by atoms with Crippen LogP contribution in [0.15, 0.2) is 42.4 Å². The molecule has 3 aromatic rings. The van der Waals surface area contributed by atoms with E-state index in [9.17, 15) is 0 Å². The summed E-state index contributed by atoms with van der Waals surface area (Å²) in [7, 11) is 2.06. The Bertz CT molecular complexity index is 894. The number of pyridine rings is 1. The average molecular weight is 277 g/mol. The topological polar surface area (TPSA) is 3.88 Å². The van der Waals surface area contributed by atoms with Gasteiger partial charge in [-0.1, -0.05) is 35.4 Å². The van der Waals surface area contributed by atoms with Gasteiger partial charge in [0.2, 0.25) is 5.69 Å². The summed E-state index contributed by atoms with van der Waals surface area (Å²) < 4.78 is 10.6. The lowest BCUT2D eigenvalue weighted by molar-refractivity contribution is -0.665. The Balaban J connectivity index is 2.51. The van der Waals surface area contributed by atoms with Gasteiger partial charge in [0.15, 0.2) is 5.69 Å². The molecule has 0 spiro atoms. The van der Waals surface area contributed by atoms with Crippen LogP contribution in [0.25, 0.3) is 22.0 Å². The second-order valence-corrected chi connectivity index (χ2v) is 5.99. The molecule has 0 aliphatic rings. The molecular weight excluding hydrogens is 254 g/mol. The lowest BCUT2D eigenvalue weighted by atomic mass is 9.96. The van der Waals surface area contributed by atoms with E-state index in [1.165, 1.54) is 27.9 Å². The molecule has 1 nitrogen and oxygen atoms in total. The highest BCUT2D eigenvalue weighted by atomic mass is 14.9. The molecule has 1 heteroatoms. The second-order valence-electron chi connectivity index (χ2n) is 5.99. The SMILES string of the molecule is [2H]c1c(C)[n+](C)c(-c2cc(C)ccc2C)c2ccc(C)cc12. The maximum atomic E-state index is 8.46. The normalized spacial score (nSPS) is 11.8. The maximum absolute atomic E-state index is 8.46. The van der Waals surface area contributed by atoms with Crippen molar-refractivity contribution in [2.24, 2.45) is 7.05 Å². The fourth-order valence-corrected chi connectivity index (χ4v) is 2.91. The van der Waals surface area contributed by atoms with Gasteiger partial charge in [-0.05, 0) is 43.9 Å². The Labute approximate surface area is 128 Å². The van der Waals surface area contributed by atoms with Crippen LogP contribution in [0.4, 0.5) is 0 Å². The van der Waals surface area contributed by atoms with E-state index in [1.807, 2.05) is 6.92 Å². The summed E-state index contributed by atoms with van der Waals surface area (Å²) in [5.74, 6) is 0. The molecule has 0 atom stereocenters. The second kappa shape index (κ2) is 5.00. The largest absolute Gasteiger partial charge is 0.220 e. The van der Waals surface area contributed by atoms with Crippen molar-refractivity contribution >= 4 is 10.8 Å². The van der Waals surface area contributed by atoms with E-state index in [0.717, 1.165) is 16.5 Å². The highest BCUT2D eigenvalue weighted by Gasteiger charge is 2.19. The van der Waals surface area contributed by atoms with Gasteiger partial charge >= 0.3 is 0 Å². The van der Waals surface area contributed by atoms with Crippen molar-refractivity contribution in [2.45, 2.75) is 27.7 Å². The summed E-state index contributed by atoms with van der Waals surface area (Å²) in [5.41, 5.74) is 7.16. The number of nitrogens with zero attached hydrogens (tertiary/aromatic N) is 1. The minimum absolute atomic E-state index is 0.621. The Morgan fingerprint density at radius 2 is 1.57 bits per heavy atom. The predicted octanol–water partition coefficient (Wildman–Crippen LogP) is 4.56. The fourth-order valence-electron chi connectivity index (χ4n) is 2.91. The molecule has 0 amide bonds. The van der Waals surface area contributed by atoms with Crippen molar-refractivity contribution in [3.8, 4) is 11.3 Å². The molecule has 3 rings (SSSR count). The number of aromatic nitrogens is 1. The van der Waals surface area contributed by atoms with Crippen LogP contribution in [0.1, 0.15) is 23.8 Å². The number of hydrogen-bond acceptors (Lipinski definition) is 0. The van der Waals surface area contributed by atoms with Crippen molar-refractivity contribution < 1.29 is 5.94 Å². The molecule has 0 aliphatic carbocycles. The molecule has 0 radical (unpaired) electrons. The average Bonchev–Trinajstić information content (AvgIpc) is 2.49. The Morgan fingerprint density at radius 3 is 2.33 bits per heavy atom. The number of benzene rings is 2. The molecule has 0 unspecified atom stereocenters. The molecule has 0 aliphatic heterocycles. The van der Waals surface area contributed by atoms with Crippen LogP contribution >= 0.6 is 0 Å². The van der Waals surface area contributed by atoms with E-state index >= 15 is 0 Å². The smallest absolute Gasteiger partial charge is 0.198 e. The molecule has 106 valence electrons. The zero-order valence-corrected chi connectivity index (χ0v) is 13.4. The van der Waals surface area contributed by atoms with Crippen molar-refractivity contribution in [1.29, 1.82) is 0 Å². The maximum Gasteiger partial charge on any atom is 0.220 e. The van der Waals surface area contributed by atoms with Crippen molar-refractivity contribution in [3.05, 3.63) is 64.8 Å². The van der Waals surface area contributed by atoms with Gasteiger partial charge in [0.1, 0.15) is 7.05 Å². The van der Waals surface area contributed by atoms with E-state index in [4.69, 9.17) is 1.37 Å². The number of hydrogen-bond donors (Lipinski definition) is 0. The minimum atomic E-state index is 0.621. The molecule has 0 saturated carbocycles. The van der Waals surface area contributed by atoms with Gasteiger partial charge in [0, 0.05) is 18.5 Å². The Kier molecular flexibility index (Phi) is 2.99. The lowest BCUT2D eigenvalue weighted by Crippen LogP contribution is -2.35. The first-order valence-electron chi connectivity index (χ1n) is 7.87. The Morgan fingerprint density at radius 1 is 0.905 bits per heavy atom. The third-order valence-corrected chi connectivity index (χ3v) is 4.23. The van der Waals surface area contributed by atoms with E-state index in [1.54, 1.807) is 0 Å². The third-order valence-electron chi connectivity index (χ3n) is 4.23. The first-order valence-corrected chi connectivity index (χ1v) is 7.37. The van der Waals surface area contributed by atoms with E-state index < -0.39 is 0 Å². The molecule has 2 aromatic carbocycles. The molecule has 21 heavy (non-hydrogen) atoms. The first-order chi connectivity index (χ1) is 10.4. The first kappa shape index (κ1) is 12.6. The minimum Gasteiger partial charge on any atom is -0.198 e. The van der Waals surface area contributed by atoms with Crippen LogP contribution in [-0.2, 0) is 7.05 Å². The fraction of sp³-hybridized carbons (Fsp3) is 0.250. The molecule has 0 saturated heterocycles. The highest BCUT2D eigenvalue weighted by Crippen LogP contribution is 2.29. The molecule has 0 N–H and O–H groups in total. The number of fused-ring (bicyclic) bond motifs is 1. The van der Waals surface area contributed by atoms with Gasteiger partial charge in [0.25, 0.3) is 0 Å². The van der Waals surface area contributed by atoms with Crippen molar-refractivity contribution in [2.75, 3.05) is 0 Å². The molecular formula is C20H22N+. The van der Waals surface area contributed by atoms with Crippen LogP contribution in [0.5, 0.6) is 0 Å². The van der Waals surface area contributed by atoms with Gasteiger partial charge < -0.3 is 0 Å². The van der Waals surface area contributed by atoms with E-state index in [2.05, 4.69) is 68.8 Å². The van der Waals surface area contributed by atoms with Crippen LogP contribution in [0, 0.1) is 27.7 Å². The summed E-state index contributed by atoms with van der Waals surface area (Å²) in [6, 6.07) is 13.6. The van der Waals surface area contributed by atoms with E-state index in [0.29, 0.717) is 6.04 Å². The molecule has 1 aromatic heterocycles. The number of rotatable bonds is 1. The summed E-state index contributed by atoms with van der Waals surface area (Å²) >= 11 is 0. The molecule has 0 bridgehead atoms.